The molecule has 0 spiro atoms. The highest BCUT2D eigenvalue weighted by atomic mass is 16.4. The molecule has 1 aromatic heterocycles. The molecule has 0 saturated heterocycles. The highest BCUT2D eigenvalue weighted by Gasteiger charge is 2.31. The Kier molecular flexibility index (Phi) is 11.2. The van der Waals surface area contributed by atoms with Gasteiger partial charge in [0, 0.05) is 30.1 Å². The largest absolute Gasteiger partial charge is 0.480 e. The number of amides is 4. The number of nitrogens with one attached hydrogen (secondary N) is 4. The summed E-state index contributed by atoms with van der Waals surface area (Å²) >= 11 is 0. The molecule has 2 rings (SSSR count). The van der Waals surface area contributed by atoms with Crippen LogP contribution in [0.4, 0.5) is 0 Å². The highest BCUT2D eigenvalue weighted by molar-refractivity contribution is 5.95. The Hall–Kier alpha value is -4.66. The fourth-order valence-corrected chi connectivity index (χ4v) is 3.75. The molecule has 4 amide bonds. The van der Waals surface area contributed by atoms with Crippen molar-refractivity contribution in [2.45, 2.75) is 56.8 Å². The van der Waals surface area contributed by atoms with E-state index in [9.17, 15) is 29.1 Å². The predicted molar refractivity (Wildman–Crippen MR) is 143 cm³/mol. The molecule has 0 saturated carbocycles. The van der Waals surface area contributed by atoms with Crippen molar-refractivity contribution in [3.63, 3.8) is 0 Å². The van der Waals surface area contributed by atoms with Gasteiger partial charge in [-0.25, -0.2) is 4.79 Å². The zero-order valence-electron chi connectivity index (χ0n) is 21.5. The first-order chi connectivity index (χ1) is 18.4. The first-order valence-corrected chi connectivity index (χ1v) is 12.2. The topological polar surface area (TPSA) is 274 Å². The number of guanidine groups is 1. The molecule has 15 heteroatoms. The maximum absolute atomic E-state index is 13.3. The van der Waals surface area contributed by atoms with Crippen LogP contribution < -0.4 is 38.9 Å². The van der Waals surface area contributed by atoms with Crippen molar-refractivity contribution < 1.29 is 29.1 Å². The van der Waals surface area contributed by atoms with Crippen molar-refractivity contribution in [2.75, 3.05) is 6.54 Å². The zero-order valence-corrected chi connectivity index (χ0v) is 21.5. The number of hydrogen-bond donors (Lipinski definition) is 9. The Morgan fingerprint density at radius 3 is 2.18 bits per heavy atom. The number of aromatic amines is 1. The minimum absolute atomic E-state index is 0.0353. The van der Waals surface area contributed by atoms with Crippen molar-refractivity contribution in [3.05, 3.63) is 36.0 Å². The molecule has 0 fully saturated rings. The van der Waals surface area contributed by atoms with Crippen molar-refractivity contribution in [3.8, 4) is 0 Å². The number of fused-ring (bicyclic) bond motifs is 1. The first-order valence-electron chi connectivity index (χ1n) is 12.2. The summed E-state index contributed by atoms with van der Waals surface area (Å²) in [5.41, 5.74) is 22.9. The van der Waals surface area contributed by atoms with Crippen LogP contribution in [-0.4, -0.2) is 76.4 Å². The summed E-state index contributed by atoms with van der Waals surface area (Å²) in [5.74, 6) is -4.70. The fourth-order valence-electron chi connectivity index (χ4n) is 3.75. The van der Waals surface area contributed by atoms with Crippen molar-refractivity contribution in [1.29, 1.82) is 0 Å². The van der Waals surface area contributed by atoms with E-state index in [2.05, 4.69) is 25.9 Å². The normalized spacial score (nSPS) is 13.9. The molecule has 4 atom stereocenters. The number of aromatic nitrogens is 1. The lowest BCUT2D eigenvalue weighted by Gasteiger charge is -2.25. The number of para-hydroxylation sites is 1. The lowest BCUT2D eigenvalue weighted by Crippen LogP contribution is -2.57. The summed E-state index contributed by atoms with van der Waals surface area (Å²) < 4.78 is 0. The standard InChI is InChI=1S/C24H35N9O6/c1-12(25)20(35)31-16(7-4-8-29-24(27)28)21(36)32-17(22(37)33-18(23(38)39)10-19(26)34)9-13-11-30-15-6-3-2-5-14(13)15/h2-3,5-6,11-12,16-18,30H,4,7-10,25H2,1H3,(H2,26,34)(H,31,35)(H,32,36)(H,33,37)(H,38,39)(H4,27,28,29). The average molecular weight is 546 g/mol. The van der Waals surface area contributed by atoms with E-state index in [-0.39, 0.29) is 25.3 Å². The van der Waals surface area contributed by atoms with Gasteiger partial charge in [0.2, 0.25) is 23.6 Å². The van der Waals surface area contributed by atoms with Gasteiger partial charge in [-0.15, -0.1) is 0 Å². The van der Waals surface area contributed by atoms with E-state index in [1.165, 1.54) is 6.92 Å². The Labute approximate surface area is 224 Å². The van der Waals surface area contributed by atoms with Crippen LogP contribution in [0.25, 0.3) is 10.9 Å². The molecule has 4 unspecified atom stereocenters. The zero-order chi connectivity index (χ0) is 29.1. The molecule has 15 nitrogen and oxygen atoms in total. The number of benzene rings is 1. The van der Waals surface area contributed by atoms with E-state index >= 15 is 0 Å². The van der Waals surface area contributed by atoms with Gasteiger partial charge in [-0.3, -0.25) is 24.2 Å². The van der Waals surface area contributed by atoms with Gasteiger partial charge in [-0.2, -0.15) is 0 Å². The van der Waals surface area contributed by atoms with Crippen LogP contribution in [0, 0.1) is 0 Å². The number of nitrogens with zero attached hydrogens (tertiary/aromatic N) is 1. The molecule has 2 aromatic rings. The van der Waals surface area contributed by atoms with Crippen LogP contribution in [-0.2, 0) is 30.4 Å². The lowest BCUT2D eigenvalue weighted by atomic mass is 10.0. The summed E-state index contributed by atoms with van der Waals surface area (Å²) in [6, 6.07) is 2.38. The molecule has 0 aliphatic carbocycles. The van der Waals surface area contributed by atoms with Crippen molar-refractivity contribution >= 4 is 46.5 Å². The second-order valence-electron chi connectivity index (χ2n) is 8.99. The van der Waals surface area contributed by atoms with Gasteiger partial charge in [0.15, 0.2) is 5.96 Å². The van der Waals surface area contributed by atoms with Crippen LogP contribution in [0.1, 0.15) is 31.7 Å². The van der Waals surface area contributed by atoms with Gasteiger partial charge in [0.25, 0.3) is 0 Å². The van der Waals surface area contributed by atoms with E-state index in [1.54, 1.807) is 12.3 Å². The number of carboxylic acid groups (broad SMARTS) is 1. The van der Waals surface area contributed by atoms with Gasteiger partial charge in [0.1, 0.15) is 18.1 Å². The second-order valence-corrected chi connectivity index (χ2v) is 8.99. The number of H-pyrrole nitrogens is 1. The number of hydrogen-bond acceptors (Lipinski definition) is 7. The molecule has 1 heterocycles. The fraction of sp³-hybridized carbons (Fsp3) is 0.417. The number of rotatable bonds is 15. The number of carbonyl (C=O) groups excluding carboxylic acids is 4. The molecule has 13 N–H and O–H groups in total. The number of carbonyl (C=O) groups is 5. The van der Waals surface area contributed by atoms with Gasteiger partial charge in [0.05, 0.1) is 12.5 Å². The molecule has 0 aliphatic rings. The van der Waals surface area contributed by atoms with Gasteiger partial charge >= 0.3 is 5.97 Å². The molecule has 39 heavy (non-hydrogen) atoms. The number of carboxylic acids is 1. The van der Waals surface area contributed by atoms with E-state index in [0.29, 0.717) is 12.0 Å². The van der Waals surface area contributed by atoms with Crippen LogP contribution in [0.2, 0.25) is 0 Å². The molecular formula is C24H35N9O6. The van der Waals surface area contributed by atoms with Crippen LogP contribution in [0.3, 0.4) is 0 Å². The summed E-state index contributed by atoms with van der Waals surface area (Å²) in [6.07, 6.45) is 1.41. The van der Waals surface area contributed by atoms with Crippen LogP contribution in [0.5, 0.6) is 0 Å². The smallest absolute Gasteiger partial charge is 0.326 e. The van der Waals surface area contributed by atoms with Crippen molar-refractivity contribution in [1.82, 2.24) is 20.9 Å². The van der Waals surface area contributed by atoms with E-state index in [4.69, 9.17) is 22.9 Å². The quantitative estimate of drug-likeness (QED) is 0.0650. The van der Waals surface area contributed by atoms with E-state index in [0.717, 1.165) is 10.9 Å². The number of primary amides is 1. The number of aliphatic carboxylic acids is 1. The summed E-state index contributed by atoms with van der Waals surface area (Å²) in [4.78, 5) is 68.6. The maximum atomic E-state index is 13.3. The monoisotopic (exact) mass is 545 g/mol. The molecule has 212 valence electrons. The second kappa shape index (κ2) is 14.3. The third-order valence-electron chi connectivity index (χ3n) is 5.74. The third-order valence-corrected chi connectivity index (χ3v) is 5.74. The summed E-state index contributed by atoms with van der Waals surface area (Å²) in [7, 11) is 0. The highest BCUT2D eigenvalue weighted by Crippen LogP contribution is 2.19. The predicted octanol–water partition coefficient (Wildman–Crippen LogP) is -2.47. The van der Waals surface area contributed by atoms with Gasteiger partial charge < -0.3 is 49.0 Å². The van der Waals surface area contributed by atoms with E-state index in [1.807, 2.05) is 18.2 Å². The summed E-state index contributed by atoms with van der Waals surface area (Å²) in [6.45, 7) is 1.63. The van der Waals surface area contributed by atoms with E-state index < -0.39 is 60.2 Å². The number of nitrogens with two attached hydrogens (primary N) is 4. The molecule has 0 aliphatic heterocycles. The first kappa shape index (κ1) is 30.6. The summed E-state index contributed by atoms with van der Waals surface area (Å²) in [5, 5.41) is 17.6. The van der Waals surface area contributed by atoms with Crippen LogP contribution in [0.15, 0.2) is 35.5 Å². The van der Waals surface area contributed by atoms with Crippen LogP contribution >= 0.6 is 0 Å². The van der Waals surface area contributed by atoms with Gasteiger partial charge in [-0.05, 0) is 31.4 Å². The Balaban J connectivity index is 2.32. The molecular weight excluding hydrogens is 510 g/mol. The Morgan fingerprint density at radius 1 is 0.949 bits per heavy atom. The molecule has 0 bridgehead atoms. The third kappa shape index (κ3) is 9.62. The molecule has 1 aromatic carbocycles. The van der Waals surface area contributed by atoms with Gasteiger partial charge in [-0.1, -0.05) is 18.2 Å². The Morgan fingerprint density at radius 2 is 1.56 bits per heavy atom. The Bertz CT molecular complexity index is 1220. The average Bonchev–Trinajstić information content (AvgIpc) is 3.27. The number of aliphatic imine (C=N–C) groups is 1. The van der Waals surface area contributed by atoms with Crippen molar-refractivity contribution in [2.24, 2.45) is 27.9 Å². The maximum Gasteiger partial charge on any atom is 0.326 e. The molecule has 0 radical (unpaired) electrons. The minimum Gasteiger partial charge on any atom is -0.480 e. The SMILES string of the molecule is CC(N)C(=O)NC(CCCN=C(N)N)C(=O)NC(Cc1c[nH]c2ccccc12)C(=O)NC(CC(N)=O)C(=O)O. The minimum atomic E-state index is -1.61. The lowest BCUT2D eigenvalue weighted by molar-refractivity contribution is -0.143.